The topological polar surface area (TPSA) is 55.6 Å². The van der Waals surface area contributed by atoms with E-state index in [1.54, 1.807) is 6.07 Å². The zero-order chi connectivity index (χ0) is 15.6. The van der Waals surface area contributed by atoms with Crippen molar-refractivity contribution >= 4 is 11.7 Å². The molecular formula is C17H26N2O2. The van der Waals surface area contributed by atoms with E-state index in [1.807, 2.05) is 19.9 Å². The van der Waals surface area contributed by atoms with E-state index in [0.717, 1.165) is 25.2 Å². The Morgan fingerprint density at radius 3 is 2.62 bits per heavy atom. The Morgan fingerprint density at radius 2 is 2.00 bits per heavy atom. The molecule has 0 amide bonds. The number of benzene rings is 1. The van der Waals surface area contributed by atoms with Crippen LogP contribution in [0.15, 0.2) is 12.1 Å². The average Bonchev–Trinajstić information content (AvgIpc) is 2.79. The number of anilines is 1. The first-order valence-electron chi connectivity index (χ1n) is 7.72. The Balaban J connectivity index is 2.12. The van der Waals surface area contributed by atoms with Crippen LogP contribution in [-0.2, 0) is 17.8 Å². The van der Waals surface area contributed by atoms with Crippen molar-refractivity contribution in [3.63, 3.8) is 0 Å². The Hall–Kier alpha value is -1.55. The number of hydrogen-bond donors (Lipinski definition) is 1. The number of carbonyl (C=O) groups is 1. The van der Waals surface area contributed by atoms with Crippen molar-refractivity contribution in [2.24, 2.45) is 5.92 Å². The van der Waals surface area contributed by atoms with Crippen molar-refractivity contribution in [3.8, 4) is 0 Å². The zero-order valence-corrected chi connectivity index (χ0v) is 13.5. The molecule has 0 unspecified atom stereocenters. The van der Waals surface area contributed by atoms with Crippen LogP contribution in [0.25, 0.3) is 0 Å². The predicted molar refractivity (Wildman–Crippen MR) is 85.0 cm³/mol. The predicted octanol–water partition coefficient (Wildman–Crippen LogP) is 3.20. The summed E-state index contributed by atoms with van der Waals surface area (Å²) < 4.78 is 5.25. The molecule has 4 heteroatoms. The molecule has 0 radical (unpaired) electrons. The van der Waals surface area contributed by atoms with Gasteiger partial charge in [0.2, 0.25) is 0 Å². The lowest BCUT2D eigenvalue weighted by Crippen LogP contribution is -2.19. The maximum atomic E-state index is 12.1. The SMILES string of the molecule is CC(C)CCN1Cc2ccc(C(=O)OC(C)C)c(N)c2C1. The number of nitrogens with two attached hydrogens (primary N) is 1. The van der Waals surface area contributed by atoms with Gasteiger partial charge in [-0.1, -0.05) is 19.9 Å². The van der Waals surface area contributed by atoms with E-state index in [9.17, 15) is 4.79 Å². The molecule has 2 N–H and O–H groups in total. The molecule has 0 bridgehead atoms. The van der Waals surface area contributed by atoms with E-state index >= 15 is 0 Å². The fourth-order valence-corrected chi connectivity index (χ4v) is 2.62. The highest BCUT2D eigenvalue weighted by atomic mass is 16.5. The summed E-state index contributed by atoms with van der Waals surface area (Å²) in [6, 6.07) is 3.81. The van der Waals surface area contributed by atoms with Crippen LogP contribution in [-0.4, -0.2) is 23.5 Å². The minimum atomic E-state index is -0.328. The summed E-state index contributed by atoms with van der Waals surface area (Å²) in [7, 11) is 0. The summed E-state index contributed by atoms with van der Waals surface area (Å²) in [5.74, 6) is 0.369. The molecule has 1 aromatic rings. The summed E-state index contributed by atoms with van der Waals surface area (Å²) in [4.78, 5) is 14.4. The number of ether oxygens (including phenoxy) is 1. The summed E-state index contributed by atoms with van der Waals surface area (Å²) in [5.41, 5.74) is 9.61. The molecule has 21 heavy (non-hydrogen) atoms. The fraction of sp³-hybridized carbons (Fsp3) is 0.588. The van der Waals surface area contributed by atoms with Crippen molar-refractivity contribution < 1.29 is 9.53 Å². The molecular weight excluding hydrogens is 264 g/mol. The maximum Gasteiger partial charge on any atom is 0.340 e. The van der Waals surface area contributed by atoms with Crippen molar-refractivity contribution in [2.45, 2.75) is 53.3 Å². The Bertz CT molecular complexity index is 524. The van der Waals surface area contributed by atoms with Gasteiger partial charge in [0.1, 0.15) is 0 Å². The van der Waals surface area contributed by atoms with Gasteiger partial charge in [0.05, 0.1) is 17.4 Å². The lowest BCUT2D eigenvalue weighted by molar-refractivity contribution is 0.0379. The van der Waals surface area contributed by atoms with Gasteiger partial charge in [-0.25, -0.2) is 4.79 Å². The molecule has 1 heterocycles. The molecule has 4 nitrogen and oxygen atoms in total. The van der Waals surface area contributed by atoms with E-state index in [1.165, 1.54) is 12.0 Å². The van der Waals surface area contributed by atoms with Crippen molar-refractivity contribution in [3.05, 3.63) is 28.8 Å². The normalized spacial score (nSPS) is 14.8. The lowest BCUT2D eigenvalue weighted by atomic mass is 10.0. The summed E-state index contributed by atoms with van der Waals surface area (Å²) in [5, 5.41) is 0. The molecule has 0 saturated carbocycles. The average molecular weight is 290 g/mol. The second kappa shape index (κ2) is 6.48. The van der Waals surface area contributed by atoms with E-state index in [4.69, 9.17) is 10.5 Å². The van der Waals surface area contributed by atoms with Crippen molar-refractivity contribution in [1.82, 2.24) is 4.90 Å². The molecule has 0 aliphatic carbocycles. The monoisotopic (exact) mass is 290 g/mol. The third kappa shape index (κ3) is 3.76. The molecule has 2 rings (SSSR count). The van der Waals surface area contributed by atoms with Crippen LogP contribution in [0.1, 0.15) is 55.6 Å². The van der Waals surface area contributed by atoms with Gasteiger partial charge in [-0.3, -0.25) is 4.90 Å². The number of nitrogens with zero attached hydrogens (tertiary/aromatic N) is 1. The smallest absolute Gasteiger partial charge is 0.340 e. The first kappa shape index (κ1) is 15.8. The highest BCUT2D eigenvalue weighted by Crippen LogP contribution is 2.31. The molecule has 1 aliphatic rings. The minimum absolute atomic E-state index is 0.132. The van der Waals surface area contributed by atoms with Crippen molar-refractivity contribution in [1.29, 1.82) is 0 Å². The fourth-order valence-electron chi connectivity index (χ4n) is 2.62. The van der Waals surface area contributed by atoms with Gasteiger partial charge in [-0.15, -0.1) is 0 Å². The van der Waals surface area contributed by atoms with Crippen LogP contribution >= 0.6 is 0 Å². The molecule has 0 aromatic heterocycles. The lowest BCUT2D eigenvalue weighted by Gasteiger charge is -2.16. The van der Waals surface area contributed by atoms with Crippen LogP contribution in [0.5, 0.6) is 0 Å². The zero-order valence-electron chi connectivity index (χ0n) is 13.5. The van der Waals surface area contributed by atoms with E-state index < -0.39 is 0 Å². The Morgan fingerprint density at radius 1 is 1.29 bits per heavy atom. The Labute approximate surface area is 127 Å². The number of fused-ring (bicyclic) bond motifs is 1. The van der Waals surface area contributed by atoms with Crippen molar-refractivity contribution in [2.75, 3.05) is 12.3 Å². The molecule has 0 saturated heterocycles. The van der Waals surface area contributed by atoms with Gasteiger partial charge in [0, 0.05) is 13.1 Å². The number of carbonyl (C=O) groups excluding carboxylic acids is 1. The molecule has 1 aliphatic heterocycles. The third-order valence-electron chi connectivity index (χ3n) is 3.82. The van der Waals surface area contributed by atoms with Crippen LogP contribution < -0.4 is 5.73 Å². The quantitative estimate of drug-likeness (QED) is 0.668. The van der Waals surface area contributed by atoms with Crippen LogP contribution in [0.3, 0.4) is 0 Å². The second-order valence-corrected chi connectivity index (χ2v) is 6.51. The maximum absolute atomic E-state index is 12.1. The number of hydrogen-bond acceptors (Lipinski definition) is 4. The van der Waals surface area contributed by atoms with E-state index in [-0.39, 0.29) is 12.1 Å². The number of rotatable bonds is 5. The largest absolute Gasteiger partial charge is 0.459 e. The highest BCUT2D eigenvalue weighted by Gasteiger charge is 2.24. The standard InChI is InChI=1S/C17H26N2O2/c1-11(2)7-8-19-9-13-5-6-14(16(18)15(13)10-19)17(20)21-12(3)4/h5-6,11-12H,7-10,18H2,1-4H3. The summed E-state index contributed by atoms with van der Waals surface area (Å²) in [6.07, 6.45) is 1.04. The highest BCUT2D eigenvalue weighted by molar-refractivity contribution is 5.96. The first-order valence-corrected chi connectivity index (χ1v) is 7.72. The molecule has 0 spiro atoms. The molecule has 116 valence electrons. The third-order valence-corrected chi connectivity index (χ3v) is 3.82. The first-order chi connectivity index (χ1) is 9.88. The molecule has 1 aromatic carbocycles. The van der Waals surface area contributed by atoms with Gasteiger partial charge in [0.25, 0.3) is 0 Å². The van der Waals surface area contributed by atoms with Gasteiger partial charge < -0.3 is 10.5 Å². The second-order valence-electron chi connectivity index (χ2n) is 6.51. The van der Waals surface area contributed by atoms with Gasteiger partial charge in [-0.05, 0) is 49.9 Å². The summed E-state index contributed by atoms with van der Waals surface area (Å²) in [6.45, 7) is 11.0. The molecule has 0 fully saturated rings. The van der Waals surface area contributed by atoms with Gasteiger partial charge >= 0.3 is 5.97 Å². The summed E-state index contributed by atoms with van der Waals surface area (Å²) >= 11 is 0. The van der Waals surface area contributed by atoms with Crippen LogP contribution in [0.2, 0.25) is 0 Å². The van der Waals surface area contributed by atoms with Crippen LogP contribution in [0.4, 0.5) is 5.69 Å². The number of esters is 1. The minimum Gasteiger partial charge on any atom is -0.459 e. The van der Waals surface area contributed by atoms with Crippen LogP contribution in [0, 0.1) is 5.92 Å². The van der Waals surface area contributed by atoms with Gasteiger partial charge in [-0.2, -0.15) is 0 Å². The molecule has 0 atom stereocenters. The van der Waals surface area contributed by atoms with E-state index in [2.05, 4.69) is 18.7 Å². The van der Waals surface area contributed by atoms with E-state index in [0.29, 0.717) is 17.2 Å². The number of nitrogen functional groups attached to an aromatic ring is 1. The van der Waals surface area contributed by atoms with Gasteiger partial charge in [0.15, 0.2) is 0 Å². The Kier molecular flexibility index (Phi) is 4.88.